The highest BCUT2D eigenvalue weighted by Gasteiger charge is 2.28. The first-order valence-electron chi connectivity index (χ1n) is 10.4. The van der Waals surface area contributed by atoms with Crippen LogP contribution in [-0.2, 0) is 17.8 Å². The van der Waals surface area contributed by atoms with Crippen molar-refractivity contribution in [3.8, 4) is 0 Å². The first kappa shape index (κ1) is 19.2. The minimum Gasteiger partial charge on any atom is -0.339 e. The number of benzene rings is 2. The number of aryl methyl sites for hydroxylation is 2. The van der Waals surface area contributed by atoms with Crippen molar-refractivity contribution < 1.29 is 4.79 Å². The van der Waals surface area contributed by atoms with Crippen LogP contribution in [0, 0.1) is 6.92 Å². The zero-order valence-electron chi connectivity index (χ0n) is 17.1. The van der Waals surface area contributed by atoms with Gasteiger partial charge in [-0.25, -0.2) is 0 Å². The van der Waals surface area contributed by atoms with Crippen LogP contribution < -0.4 is 0 Å². The highest BCUT2D eigenvalue weighted by Crippen LogP contribution is 2.34. The molecule has 0 N–H and O–H groups in total. The van der Waals surface area contributed by atoms with Gasteiger partial charge < -0.3 is 4.90 Å². The average Bonchev–Trinajstić information content (AvgIpc) is 3.14. The summed E-state index contributed by atoms with van der Waals surface area (Å²) in [6.07, 6.45) is 2.24. The van der Waals surface area contributed by atoms with Crippen molar-refractivity contribution in [3.05, 3.63) is 70.8 Å². The maximum Gasteiger partial charge on any atom is 0.236 e. The molecule has 1 atom stereocenters. The van der Waals surface area contributed by atoms with E-state index in [9.17, 15) is 4.79 Å². The fourth-order valence-electron chi connectivity index (χ4n) is 4.60. The molecule has 1 aliphatic heterocycles. The second kappa shape index (κ2) is 8.46. The Morgan fingerprint density at radius 3 is 2.54 bits per heavy atom. The molecule has 0 aromatic heterocycles. The summed E-state index contributed by atoms with van der Waals surface area (Å²) in [5.74, 6) is 0.266. The van der Waals surface area contributed by atoms with Crippen LogP contribution in [0.25, 0.3) is 0 Å². The molecule has 28 heavy (non-hydrogen) atoms. The molecule has 1 heterocycles. The molecule has 2 aromatic carbocycles. The molecule has 1 amide bonds. The maximum atomic E-state index is 12.9. The van der Waals surface area contributed by atoms with Gasteiger partial charge in [-0.2, -0.15) is 0 Å². The molecule has 1 unspecified atom stereocenters. The molecule has 1 fully saturated rings. The Bertz CT molecular complexity index is 826. The van der Waals surface area contributed by atoms with E-state index in [4.69, 9.17) is 0 Å². The summed E-state index contributed by atoms with van der Waals surface area (Å²) in [6.45, 7) is 7.24. The highest BCUT2D eigenvalue weighted by molar-refractivity contribution is 5.78. The topological polar surface area (TPSA) is 26.8 Å². The van der Waals surface area contributed by atoms with Crippen LogP contribution in [-0.4, -0.2) is 60.4 Å². The third kappa shape index (κ3) is 4.13. The van der Waals surface area contributed by atoms with Crippen molar-refractivity contribution in [1.82, 2.24) is 14.7 Å². The molecular weight excluding hydrogens is 346 g/mol. The minimum atomic E-state index is 0.266. The molecule has 4 nitrogen and oxygen atoms in total. The van der Waals surface area contributed by atoms with E-state index in [-0.39, 0.29) is 5.91 Å². The minimum absolute atomic E-state index is 0.266. The van der Waals surface area contributed by atoms with Crippen molar-refractivity contribution in [2.45, 2.75) is 32.4 Å². The van der Waals surface area contributed by atoms with Gasteiger partial charge in [-0.1, -0.05) is 48.5 Å². The fraction of sp³-hybridized carbons (Fsp3) is 0.458. The third-order valence-electron chi connectivity index (χ3n) is 6.40. The second-order valence-corrected chi connectivity index (χ2v) is 8.25. The van der Waals surface area contributed by atoms with E-state index < -0.39 is 0 Å². The van der Waals surface area contributed by atoms with Gasteiger partial charge in [-0.15, -0.1) is 0 Å². The summed E-state index contributed by atoms with van der Waals surface area (Å²) >= 11 is 0. The standard InChI is InChI=1S/C24H31N3O/c1-19-7-3-4-9-21(19)17-26-13-15-27(16-14-26)24(28)18-25(2)23-12-11-20-8-5-6-10-22(20)23/h3-10,23H,11-18H2,1-2H3. The van der Waals surface area contributed by atoms with E-state index in [0.29, 0.717) is 12.6 Å². The van der Waals surface area contributed by atoms with Gasteiger partial charge in [0.15, 0.2) is 0 Å². The number of carbonyl (C=O) groups excluding carboxylic acids is 1. The smallest absolute Gasteiger partial charge is 0.236 e. The zero-order chi connectivity index (χ0) is 19.5. The Kier molecular flexibility index (Phi) is 5.79. The summed E-state index contributed by atoms with van der Waals surface area (Å²) in [4.78, 5) is 19.6. The molecule has 0 spiro atoms. The number of fused-ring (bicyclic) bond motifs is 1. The summed E-state index contributed by atoms with van der Waals surface area (Å²) in [7, 11) is 2.10. The Morgan fingerprint density at radius 2 is 1.75 bits per heavy atom. The Hall–Kier alpha value is -2.17. The van der Waals surface area contributed by atoms with E-state index in [1.807, 2.05) is 4.90 Å². The van der Waals surface area contributed by atoms with Gasteiger partial charge >= 0.3 is 0 Å². The Balaban J connectivity index is 1.28. The van der Waals surface area contributed by atoms with Crippen molar-refractivity contribution >= 4 is 5.91 Å². The van der Waals surface area contributed by atoms with E-state index in [2.05, 4.69) is 72.3 Å². The lowest BCUT2D eigenvalue weighted by Crippen LogP contribution is -2.50. The normalized spacial score (nSPS) is 19.8. The number of nitrogens with zero attached hydrogens (tertiary/aromatic N) is 3. The van der Waals surface area contributed by atoms with Gasteiger partial charge in [-0.3, -0.25) is 14.6 Å². The van der Waals surface area contributed by atoms with Crippen molar-refractivity contribution in [1.29, 1.82) is 0 Å². The van der Waals surface area contributed by atoms with E-state index >= 15 is 0 Å². The molecule has 4 heteroatoms. The first-order valence-corrected chi connectivity index (χ1v) is 10.4. The molecule has 1 saturated heterocycles. The second-order valence-electron chi connectivity index (χ2n) is 8.25. The lowest BCUT2D eigenvalue weighted by molar-refractivity contribution is -0.134. The SMILES string of the molecule is Cc1ccccc1CN1CCN(C(=O)CN(C)C2CCc3ccccc32)CC1. The fourth-order valence-corrected chi connectivity index (χ4v) is 4.60. The number of likely N-dealkylation sites (N-methyl/N-ethyl adjacent to an activating group) is 1. The Labute approximate surface area is 168 Å². The van der Waals surface area contributed by atoms with Gasteiger partial charge in [0.1, 0.15) is 0 Å². The number of amides is 1. The van der Waals surface area contributed by atoms with Crippen molar-refractivity contribution in [2.24, 2.45) is 0 Å². The van der Waals surface area contributed by atoms with Gasteiger partial charge in [-0.05, 0) is 49.1 Å². The number of hydrogen-bond acceptors (Lipinski definition) is 3. The van der Waals surface area contributed by atoms with Crippen LogP contribution in [0.2, 0.25) is 0 Å². The number of hydrogen-bond donors (Lipinski definition) is 0. The van der Waals surface area contributed by atoms with Crippen LogP contribution in [0.4, 0.5) is 0 Å². The van der Waals surface area contributed by atoms with Gasteiger partial charge in [0.2, 0.25) is 5.91 Å². The molecule has 0 saturated carbocycles. The molecule has 0 radical (unpaired) electrons. The van der Waals surface area contributed by atoms with Crippen LogP contribution in [0.3, 0.4) is 0 Å². The average molecular weight is 378 g/mol. The predicted molar refractivity (Wildman–Crippen MR) is 113 cm³/mol. The quantitative estimate of drug-likeness (QED) is 0.800. The summed E-state index contributed by atoms with van der Waals surface area (Å²) < 4.78 is 0. The number of rotatable bonds is 5. The number of piperazine rings is 1. The van der Waals surface area contributed by atoms with Crippen LogP contribution >= 0.6 is 0 Å². The summed E-state index contributed by atoms with van der Waals surface area (Å²) in [5, 5.41) is 0. The maximum absolute atomic E-state index is 12.9. The van der Waals surface area contributed by atoms with Crippen molar-refractivity contribution in [2.75, 3.05) is 39.8 Å². The molecule has 148 valence electrons. The molecular formula is C24H31N3O. The van der Waals surface area contributed by atoms with E-state index in [1.54, 1.807) is 0 Å². The van der Waals surface area contributed by atoms with E-state index in [1.165, 1.54) is 22.3 Å². The van der Waals surface area contributed by atoms with Crippen LogP contribution in [0.1, 0.15) is 34.7 Å². The third-order valence-corrected chi connectivity index (χ3v) is 6.40. The van der Waals surface area contributed by atoms with Gasteiger partial charge in [0.05, 0.1) is 6.54 Å². The first-order chi connectivity index (χ1) is 13.6. The molecule has 0 bridgehead atoms. The molecule has 2 aromatic rings. The Morgan fingerprint density at radius 1 is 1.04 bits per heavy atom. The van der Waals surface area contributed by atoms with Crippen LogP contribution in [0.5, 0.6) is 0 Å². The zero-order valence-corrected chi connectivity index (χ0v) is 17.1. The molecule has 1 aliphatic carbocycles. The van der Waals surface area contributed by atoms with E-state index in [0.717, 1.165) is 45.6 Å². The number of carbonyl (C=O) groups is 1. The van der Waals surface area contributed by atoms with Gasteiger partial charge in [0, 0.05) is 38.8 Å². The lowest BCUT2D eigenvalue weighted by atomic mass is 10.1. The van der Waals surface area contributed by atoms with Crippen molar-refractivity contribution in [3.63, 3.8) is 0 Å². The highest BCUT2D eigenvalue weighted by atomic mass is 16.2. The predicted octanol–water partition coefficient (Wildman–Crippen LogP) is 3.26. The molecule has 4 rings (SSSR count). The molecule has 2 aliphatic rings. The monoisotopic (exact) mass is 377 g/mol. The summed E-state index contributed by atoms with van der Waals surface area (Å²) in [6, 6.07) is 17.6. The lowest BCUT2D eigenvalue weighted by Gasteiger charge is -2.36. The van der Waals surface area contributed by atoms with Gasteiger partial charge in [0.25, 0.3) is 0 Å². The van der Waals surface area contributed by atoms with Crippen LogP contribution in [0.15, 0.2) is 48.5 Å². The summed E-state index contributed by atoms with van der Waals surface area (Å²) in [5.41, 5.74) is 5.58. The largest absolute Gasteiger partial charge is 0.339 e.